The van der Waals surface area contributed by atoms with Crippen LogP contribution in [0.15, 0.2) is 54.9 Å². The van der Waals surface area contributed by atoms with E-state index in [1.54, 1.807) is 31.2 Å². The number of benzene rings is 1. The van der Waals surface area contributed by atoms with Gasteiger partial charge in [0.15, 0.2) is 0 Å². The molecule has 1 atom stereocenters. The topological polar surface area (TPSA) is 125 Å². The molecule has 2 N–H and O–H groups in total. The number of pyridine rings is 2. The summed E-state index contributed by atoms with van der Waals surface area (Å²) in [5.41, 5.74) is 1.92. The Balaban J connectivity index is 0.00000400. The predicted molar refractivity (Wildman–Crippen MR) is 142 cm³/mol. The number of aromatic nitrogens is 2. The second kappa shape index (κ2) is 11.7. The number of carbonyl (C=O) groups excluding carboxylic acids is 2. The number of amides is 3. The molecule has 202 valence electrons. The summed E-state index contributed by atoms with van der Waals surface area (Å²) in [5.74, 6) is -2.16. The number of aryl methyl sites for hydroxylation is 1. The number of urea groups is 1. The minimum absolute atomic E-state index is 0. The molecule has 0 saturated heterocycles. The van der Waals surface area contributed by atoms with E-state index in [0.717, 1.165) is 22.1 Å². The van der Waals surface area contributed by atoms with Gasteiger partial charge in [-0.3, -0.25) is 9.78 Å². The van der Waals surface area contributed by atoms with Crippen LogP contribution in [0.25, 0.3) is 0 Å². The van der Waals surface area contributed by atoms with E-state index in [-0.39, 0.29) is 37.8 Å². The van der Waals surface area contributed by atoms with Crippen molar-refractivity contribution < 1.29 is 26.8 Å². The Labute approximate surface area is 225 Å². The Morgan fingerprint density at radius 2 is 1.84 bits per heavy atom. The van der Waals surface area contributed by atoms with E-state index in [4.69, 9.17) is 0 Å². The molecule has 0 spiro atoms. The molecule has 3 heterocycles. The number of hydrogen-bond donors (Lipinski definition) is 2. The van der Waals surface area contributed by atoms with E-state index in [1.165, 1.54) is 24.3 Å². The van der Waals surface area contributed by atoms with Crippen molar-refractivity contribution in [2.45, 2.75) is 25.8 Å². The Bertz CT molecular complexity index is 1420. The Kier molecular flexibility index (Phi) is 8.89. The number of fused-ring (bicyclic) bond motifs is 1. The van der Waals surface area contributed by atoms with Gasteiger partial charge in [0, 0.05) is 38.0 Å². The molecule has 0 saturated carbocycles. The average molecular weight is 565 g/mol. The molecule has 0 aliphatic carbocycles. The highest BCUT2D eigenvalue weighted by atomic mass is 32.2. The van der Waals surface area contributed by atoms with Crippen molar-refractivity contribution in [1.82, 2.24) is 20.0 Å². The molecule has 0 fully saturated rings. The minimum atomic E-state index is -4.35. The highest BCUT2D eigenvalue weighted by Crippen LogP contribution is 2.26. The lowest BCUT2D eigenvalue weighted by molar-refractivity contribution is -0.120. The molecule has 1 aromatic carbocycles. The van der Waals surface area contributed by atoms with Gasteiger partial charge in [0.05, 0.1) is 11.9 Å². The lowest BCUT2D eigenvalue weighted by atomic mass is 10.0. The van der Waals surface area contributed by atoms with Crippen LogP contribution in [0.4, 0.5) is 25.1 Å². The molecule has 0 unspecified atom stereocenters. The van der Waals surface area contributed by atoms with Crippen LogP contribution >= 0.6 is 13.5 Å². The molecule has 0 bridgehead atoms. The monoisotopic (exact) mass is 564 g/mol. The number of anilines is 2. The average Bonchev–Trinajstić information content (AvgIpc) is 3.27. The summed E-state index contributed by atoms with van der Waals surface area (Å²) in [6.07, 6.45) is 3.01. The first-order chi connectivity index (χ1) is 17.5. The van der Waals surface area contributed by atoms with Crippen LogP contribution in [-0.4, -0.2) is 50.0 Å². The van der Waals surface area contributed by atoms with Gasteiger partial charge in [-0.05, 0) is 54.8 Å². The minimum Gasteiger partial charge on any atom is -0.325 e. The van der Waals surface area contributed by atoms with Gasteiger partial charge in [-0.2, -0.15) is 21.9 Å². The van der Waals surface area contributed by atoms with Crippen molar-refractivity contribution >= 4 is 47.1 Å². The van der Waals surface area contributed by atoms with Crippen LogP contribution in [0, 0.1) is 18.6 Å². The molecule has 0 radical (unpaired) electrons. The highest BCUT2D eigenvalue weighted by molar-refractivity contribution is 7.91. The van der Waals surface area contributed by atoms with E-state index in [2.05, 4.69) is 15.3 Å². The quantitative estimate of drug-likeness (QED) is 0.454. The van der Waals surface area contributed by atoms with Crippen molar-refractivity contribution in [3.8, 4) is 0 Å². The third-order valence-corrected chi connectivity index (χ3v) is 7.16. The fourth-order valence-corrected chi connectivity index (χ4v) is 5.08. The number of nitrogens with zero attached hydrogens (tertiary/aromatic N) is 4. The van der Waals surface area contributed by atoms with Crippen molar-refractivity contribution in [1.29, 1.82) is 0 Å². The number of hydrogen-bond acceptors (Lipinski definition) is 6. The fourth-order valence-electron chi connectivity index (χ4n) is 3.96. The van der Waals surface area contributed by atoms with Gasteiger partial charge in [-0.15, -0.1) is 0 Å². The third kappa shape index (κ3) is 6.55. The summed E-state index contributed by atoms with van der Waals surface area (Å²) < 4.78 is 56.2. The molecular weight excluding hydrogens is 538 g/mol. The standard InChI is InChI=1S/C24H24F2N6O4S.H2S/c1-15-5-6-20(14-28-15)31(2)23(33)21(12-16-10-18(25)13-19(26)11-16)29-24(34)30-37(35,36)32-9-7-17-4-3-8-27-22(17)32;/h3-6,8,10-11,13-14,21H,7,9,12H2,1-2H3,(H2,29,30,34);1H2/t21-;/m0./s1. The zero-order chi connectivity index (χ0) is 26.7. The van der Waals surface area contributed by atoms with Crippen LogP contribution in [0.1, 0.15) is 16.8 Å². The van der Waals surface area contributed by atoms with Crippen molar-refractivity contribution in [3.05, 3.63) is 83.3 Å². The fraction of sp³-hybridized carbons (Fsp3) is 0.250. The molecule has 14 heteroatoms. The zero-order valence-electron chi connectivity index (χ0n) is 20.5. The van der Waals surface area contributed by atoms with Crippen LogP contribution in [0.3, 0.4) is 0 Å². The first-order valence-corrected chi connectivity index (χ1v) is 12.7. The van der Waals surface area contributed by atoms with Gasteiger partial charge < -0.3 is 10.2 Å². The highest BCUT2D eigenvalue weighted by Gasteiger charge is 2.33. The molecule has 3 amide bonds. The lowest BCUT2D eigenvalue weighted by Crippen LogP contribution is -2.54. The lowest BCUT2D eigenvalue weighted by Gasteiger charge is -2.25. The second-order valence-corrected chi connectivity index (χ2v) is 10.1. The molecule has 4 rings (SSSR count). The summed E-state index contributed by atoms with van der Waals surface area (Å²) >= 11 is 0. The van der Waals surface area contributed by atoms with Crippen LogP contribution in [0.5, 0.6) is 0 Å². The van der Waals surface area contributed by atoms with Gasteiger partial charge in [0.25, 0.3) is 0 Å². The molecule has 38 heavy (non-hydrogen) atoms. The normalized spacial score (nSPS) is 13.2. The van der Waals surface area contributed by atoms with Gasteiger partial charge >= 0.3 is 16.2 Å². The smallest absolute Gasteiger partial charge is 0.325 e. The van der Waals surface area contributed by atoms with Crippen LogP contribution in [-0.2, 0) is 27.8 Å². The van der Waals surface area contributed by atoms with E-state index >= 15 is 0 Å². The molecular formula is C24H26F2N6O4S2. The van der Waals surface area contributed by atoms with E-state index < -0.39 is 39.8 Å². The summed E-state index contributed by atoms with van der Waals surface area (Å²) in [4.78, 5) is 35.5. The SMILES string of the molecule is Cc1ccc(N(C)C(=O)[C@H](Cc2cc(F)cc(F)c2)NC(=O)NS(=O)(=O)N2CCc3cccnc32)cn1.S. The number of carbonyl (C=O) groups is 2. The summed E-state index contributed by atoms with van der Waals surface area (Å²) in [7, 11) is -2.91. The summed E-state index contributed by atoms with van der Waals surface area (Å²) in [6, 6.07) is 6.92. The van der Waals surface area contributed by atoms with Gasteiger partial charge in [0.1, 0.15) is 23.5 Å². The summed E-state index contributed by atoms with van der Waals surface area (Å²) in [5, 5.41) is 2.34. The molecule has 2 aromatic heterocycles. The van der Waals surface area contributed by atoms with Gasteiger partial charge in [-0.25, -0.2) is 27.6 Å². The second-order valence-electron chi connectivity index (χ2n) is 8.48. The van der Waals surface area contributed by atoms with Gasteiger partial charge in [0.2, 0.25) is 5.91 Å². The van der Waals surface area contributed by atoms with Crippen LogP contribution < -0.4 is 19.2 Å². The maximum atomic E-state index is 13.8. The zero-order valence-corrected chi connectivity index (χ0v) is 22.3. The maximum absolute atomic E-state index is 13.8. The van der Waals surface area contributed by atoms with Crippen molar-refractivity contribution in [2.75, 3.05) is 22.8 Å². The summed E-state index contributed by atoms with van der Waals surface area (Å²) in [6.45, 7) is 1.86. The number of likely N-dealkylation sites (N-methyl/N-ethyl adjacent to an activating group) is 1. The third-order valence-electron chi connectivity index (χ3n) is 5.78. The predicted octanol–water partition coefficient (Wildman–Crippen LogP) is 2.36. The van der Waals surface area contributed by atoms with Crippen molar-refractivity contribution in [2.24, 2.45) is 0 Å². The molecule has 10 nitrogen and oxygen atoms in total. The Morgan fingerprint density at radius 1 is 1.13 bits per heavy atom. The van der Waals surface area contributed by atoms with E-state index in [9.17, 15) is 26.8 Å². The Morgan fingerprint density at radius 3 is 2.50 bits per heavy atom. The van der Waals surface area contributed by atoms with Crippen molar-refractivity contribution in [3.63, 3.8) is 0 Å². The largest absolute Gasteiger partial charge is 0.330 e. The number of rotatable bonds is 7. The first kappa shape index (κ1) is 28.8. The number of halogens is 2. The van der Waals surface area contributed by atoms with Crippen LogP contribution in [0.2, 0.25) is 0 Å². The first-order valence-electron chi connectivity index (χ1n) is 11.2. The van der Waals surface area contributed by atoms with E-state index in [0.29, 0.717) is 23.7 Å². The molecule has 1 aliphatic heterocycles. The Hall–Kier alpha value is -3.78. The maximum Gasteiger partial charge on any atom is 0.330 e. The number of nitrogens with one attached hydrogen (secondary N) is 2. The molecule has 1 aliphatic rings. The van der Waals surface area contributed by atoms with Gasteiger partial charge in [-0.1, -0.05) is 6.07 Å². The molecule has 3 aromatic rings. The van der Waals surface area contributed by atoms with E-state index in [1.807, 2.05) is 4.72 Å².